The molecule has 3 aromatic carbocycles. The van der Waals surface area contributed by atoms with Crippen LogP contribution in [0, 0.1) is 0 Å². The highest BCUT2D eigenvalue weighted by Crippen LogP contribution is 2.31. The molecule has 0 saturated heterocycles. The molecule has 0 bridgehead atoms. The summed E-state index contributed by atoms with van der Waals surface area (Å²) < 4.78 is 16.7. The van der Waals surface area contributed by atoms with Crippen LogP contribution in [0.5, 0.6) is 17.2 Å². The molecule has 2 amide bonds. The average Bonchev–Trinajstić information content (AvgIpc) is 3.17. The number of anilines is 2. The first-order valence-electron chi connectivity index (χ1n) is 11.5. The number of nitrogens with zero attached hydrogens (tertiary/aromatic N) is 2. The second-order valence-corrected chi connectivity index (χ2v) is 7.87. The van der Waals surface area contributed by atoms with E-state index in [0.29, 0.717) is 46.5 Å². The van der Waals surface area contributed by atoms with Crippen molar-refractivity contribution in [2.24, 2.45) is 5.10 Å². The van der Waals surface area contributed by atoms with Gasteiger partial charge in [-0.2, -0.15) is 10.1 Å². The van der Waals surface area contributed by atoms with Crippen LogP contribution in [0.2, 0.25) is 0 Å². The van der Waals surface area contributed by atoms with Gasteiger partial charge in [0.25, 0.3) is 11.8 Å². The first kappa shape index (κ1) is 24.5. The van der Waals surface area contributed by atoms with E-state index in [9.17, 15) is 9.59 Å². The molecule has 1 heterocycles. The Bertz CT molecular complexity index is 1320. The average molecular weight is 486 g/mol. The number of carbonyl (C=O) groups is 2. The van der Waals surface area contributed by atoms with Crippen molar-refractivity contribution in [1.82, 2.24) is 0 Å². The molecule has 0 aliphatic carbocycles. The van der Waals surface area contributed by atoms with Crippen LogP contribution in [-0.4, -0.2) is 37.8 Å². The lowest BCUT2D eigenvalue weighted by atomic mass is 10.1. The SMILES string of the molecule is CCOc1cc(/C=C2/C(=O)N(c3ccccc3)N=C2C)ccc1OCC(=O)Nc1ccccc1OC. The fraction of sp³-hybridized carbons (Fsp3) is 0.179. The van der Waals surface area contributed by atoms with E-state index in [4.69, 9.17) is 14.2 Å². The van der Waals surface area contributed by atoms with E-state index in [2.05, 4.69) is 10.4 Å². The van der Waals surface area contributed by atoms with Crippen molar-refractivity contribution in [2.75, 3.05) is 30.6 Å². The topological polar surface area (TPSA) is 89.5 Å². The summed E-state index contributed by atoms with van der Waals surface area (Å²) in [4.78, 5) is 25.4. The third-order valence-electron chi connectivity index (χ3n) is 5.38. The van der Waals surface area contributed by atoms with Crippen LogP contribution in [0.1, 0.15) is 19.4 Å². The van der Waals surface area contributed by atoms with Crippen LogP contribution < -0.4 is 24.5 Å². The predicted octanol–water partition coefficient (Wildman–Crippen LogP) is 4.92. The minimum Gasteiger partial charge on any atom is -0.495 e. The standard InChI is InChI=1S/C28H27N3O5/c1-4-35-26-17-20(16-22-19(2)30-31(28(22)33)21-10-6-5-7-11-21)14-15-25(26)36-18-27(32)29-23-12-8-9-13-24(23)34-3/h5-17H,4,18H2,1-3H3,(H,29,32)/b22-16+. The van der Waals surface area contributed by atoms with Crippen molar-refractivity contribution in [2.45, 2.75) is 13.8 Å². The molecule has 8 nitrogen and oxygen atoms in total. The zero-order valence-electron chi connectivity index (χ0n) is 20.4. The molecule has 0 atom stereocenters. The molecule has 0 radical (unpaired) electrons. The van der Waals surface area contributed by atoms with Crippen molar-refractivity contribution in [3.8, 4) is 17.2 Å². The molecule has 1 aliphatic rings. The first-order valence-corrected chi connectivity index (χ1v) is 11.5. The lowest BCUT2D eigenvalue weighted by Crippen LogP contribution is -2.21. The number of carbonyl (C=O) groups excluding carboxylic acids is 2. The van der Waals surface area contributed by atoms with E-state index in [0.717, 1.165) is 5.56 Å². The van der Waals surface area contributed by atoms with E-state index >= 15 is 0 Å². The molecule has 1 aliphatic heterocycles. The maximum absolute atomic E-state index is 13.0. The highest BCUT2D eigenvalue weighted by atomic mass is 16.5. The van der Waals surface area contributed by atoms with Gasteiger partial charge in [0.15, 0.2) is 18.1 Å². The van der Waals surface area contributed by atoms with Gasteiger partial charge in [-0.05, 0) is 61.9 Å². The zero-order valence-corrected chi connectivity index (χ0v) is 20.4. The predicted molar refractivity (Wildman–Crippen MR) is 140 cm³/mol. The minimum atomic E-state index is -0.336. The molecular weight excluding hydrogens is 458 g/mol. The Hall–Kier alpha value is -4.59. The van der Waals surface area contributed by atoms with Crippen molar-refractivity contribution in [3.05, 3.63) is 83.9 Å². The molecule has 0 aromatic heterocycles. The number of ether oxygens (including phenoxy) is 3. The monoisotopic (exact) mass is 485 g/mol. The summed E-state index contributed by atoms with van der Waals surface area (Å²) in [5, 5.41) is 8.58. The second-order valence-electron chi connectivity index (χ2n) is 7.87. The Kier molecular flexibility index (Phi) is 7.65. The first-order chi connectivity index (χ1) is 17.5. The van der Waals surface area contributed by atoms with Gasteiger partial charge >= 0.3 is 0 Å². The Balaban J connectivity index is 1.48. The maximum Gasteiger partial charge on any atom is 0.280 e. The summed E-state index contributed by atoms with van der Waals surface area (Å²) in [5.41, 5.74) is 3.12. The normalized spacial score (nSPS) is 14.0. The third kappa shape index (κ3) is 5.55. The van der Waals surface area contributed by atoms with E-state index in [1.165, 1.54) is 5.01 Å². The van der Waals surface area contributed by atoms with Crippen LogP contribution in [0.4, 0.5) is 11.4 Å². The van der Waals surface area contributed by atoms with Gasteiger partial charge in [-0.1, -0.05) is 36.4 Å². The van der Waals surface area contributed by atoms with Crippen molar-refractivity contribution in [3.63, 3.8) is 0 Å². The van der Waals surface area contributed by atoms with E-state index in [-0.39, 0.29) is 18.4 Å². The summed E-state index contributed by atoms with van der Waals surface area (Å²) in [5.74, 6) is 0.909. The van der Waals surface area contributed by atoms with E-state index in [1.54, 1.807) is 56.5 Å². The van der Waals surface area contributed by atoms with Gasteiger partial charge in [0.2, 0.25) is 0 Å². The largest absolute Gasteiger partial charge is 0.495 e. The van der Waals surface area contributed by atoms with Crippen LogP contribution in [0.3, 0.4) is 0 Å². The Morgan fingerprint density at radius 3 is 2.47 bits per heavy atom. The quantitative estimate of drug-likeness (QED) is 0.435. The number of hydrogen-bond donors (Lipinski definition) is 1. The molecule has 4 rings (SSSR count). The molecule has 36 heavy (non-hydrogen) atoms. The number of hydrogen-bond acceptors (Lipinski definition) is 6. The lowest BCUT2D eigenvalue weighted by molar-refractivity contribution is -0.118. The Morgan fingerprint density at radius 1 is 0.972 bits per heavy atom. The van der Waals surface area contributed by atoms with Gasteiger partial charge in [0, 0.05) is 0 Å². The molecule has 184 valence electrons. The number of para-hydroxylation sites is 3. The fourth-order valence-corrected chi connectivity index (χ4v) is 3.67. The Morgan fingerprint density at radius 2 is 1.72 bits per heavy atom. The number of methoxy groups -OCH3 is 1. The number of nitrogens with one attached hydrogen (secondary N) is 1. The molecule has 0 saturated carbocycles. The molecule has 3 aromatic rings. The van der Waals surface area contributed by atoms with Crippen molar-refractivity contribution < 1.29 is 23.8 Å². The van der Waals surface area contributed by atoms with Gasteiger partial charge in [0.1, 0.15) is 5.75 Å². The van der Waals surface area contributed by atoms with E-state index < -0.39 is 0 Å². The van der Waals surface area contributed by atoms with Crippen molar-refractivity contribution >= 4 is 35.0 Å². The number of hydrazone groups is 1. The molecule has 1 N–H and O–H groups in total. The molecular formula is C28H27N3O5. The zero-order chi connectivity index (χ0) is 25.5. The molecule has 8 heteroatoms. The highest BCUT2D eigenvalue weighted by Gasteiger charge is 2.28. The Labute approximate surface area is 209 Å². The minimum absolute atomic E-state index is 0.204. The molecule has 0 fully saturated rings. The molecule has 0 unspecified atom stereocenters. The lowest BCUT2D eigenvalue weighted by Gasteiger charge is -2.14. The smallest absolute Gasteiger partial charge is 0.280 e. The summed E-state index contributed by atoms with van der Waals surface area (Å²) >= 11 is 0. The van der Waals surface area contributed by atoms with E-state index in [1.807, 2.05) is 43.3 Å². The molecule has 0 spiro atoms. The van der Waals surface area contributed by atoms with Gasteiger partial charge in [0.05, 0.1) is 36.4 Å². The van der Waals surface area contributed by atoms with Gasteiger partial charge in [-0.3, -0.25) is 9.59 Å². The van der Waals surface area contributed by atoms with Crippen LogP contribution in [0.25, 0.3) is 6.08 Å². The fourth-order valence-electron chi connectivity index (χ4n) is 3.67. The summed E-state index contributed by atoms with van der Waals surface area (Å²) in [6.45, 7) is 3.85. The van der Waals surface area contributed by atoms with Gasteiger partial charge in [-0.15, -0.1) is 0 Å². The summed E-state index contributed by atoms with van der Waals surface area (Å²) in [6.07, 6.45) is 1.77. The number of benzene rings is 3. The van der Waals surface area contributed by atoms with Gasteiger partial charge < -0.3 is 19.5 Å². The van der Waals surface area contributed by atoms with Crippen LogP contribution in [0.15, 0.2) is 83.5 Å². The van der Waals surface area contributed by atoms with Gasteiger partial charge in [-0.25, -0.2) is 0 Å². The highest BCUT2D eigenvalue weighted by molar-refractivity contribution is 6.32. The number of rotatable bonds is 9. The summed E-state index contributed by atoms with van der Waals surface area (Å²) in [7, 11) is 1.54. The maximum atomic E-state index is 13.0. The van der Waals surface area contributed by atoms with Crippen molar-refractivity contribution in [1.29, 1.82) is 0 Å². The summed E-state index contributed by atoms with van der Waals surface area (Å²) in [6, 6.07) is 21.7. The van der Waals surface area contributed by atoms with Crippen LogP contribution >= 0.6 is 0 Å². The van der Waals surface area contributed by atoms with Crippen LogP contribution in [-0.2, 0) is 9.59 Å². The number of amides is 2. The second kappa shape index (κ2) is 11.2. The third-order valence-corrected chi connectivity index (χ3v) is 5.38.